The third kappa shape index (κ3) is 9.02. The number of likely N-dealkylation sites (N-methyl/N-ethyl adjacent to an activating group) is 1. The lowest BCUT2D eigenvalue weighted by Crippen LogP contribution is -2.50. The molecule has 1 aromatic rings. The van der Waals surface area contributed by atoms with Crippen molar-refractivity contribution in [1.82, 2.24) is 24.9 Å². The van der Waals surface area contributed by atoms with Crippen molar-refractivity contribution in [3.05, 3.63) is 51.2 Å². The van der Waals surface area contributed by atoms with Gasteiger partial charge >= 0.3 is 12.4 Å². The van der Waals surface area contributed by atoms with E-state index >= 15 is 0 Å². The van der Waals surface area contributed by atoms with E-state index in [-0.39, 0.29) is 31.1 Å². The van der Waals surface area contributed by atoms with Crippen LogP contribution in [0.1, 0.15) is 31.5 Å². The second-order valence-electron chi connectivity index (χ2n) is 8.43. The number of H-pyrrole nitrogens is 1. The average molecular weight is 537 g/mol. The van der Waals surface area contributed by atoms with Gasteiger partial charge in [-0.3, -0.25) is 14.5 Å². The van der Waals surface area contributed by atoms with Gasteiger partial charge in [-0.25, -0.2) is 10.1 Å². The molecular weight excluding hydrogens is 506 g/mol. The van der Waals surface area contributed by atoms with Crippen molar-refractivity contribution in [2.75, 3.05) is 46.3 Å². The van der Waals surface area contributed by atoms with Gasteiger partial charge in [0.15, 0.2) is 0 Å². The predicted molar refractivity (Wildman–Crippen MR) is 126 cm³/mol. The van der Waals surface area contributed by atoms with Crippen LogP contribution in [0, 0.1) is 0 Å². The standard InChI is InChI=1S/C23H30F6N6O2/c1-4-6-19(30-14-16(5-2)22(24,25)26)34-9-11-35(12-10-34)20(36)15-33(3)8-7-17-13-18(23(27,28)29)21(37)32-31-17/h5-6,13-14H,4,7-12,15H2,1-3H3,(H,32,37)/b16-5+,19-6-,30-14-. The molecule has 1 saturated heterocycles. The minimum atomic E-state index is -4.79. The maximum atomic E-state index is 13.0. The van der Waals surface area contributed by atoms with Crippen molar-refractivity contribution < 1.29 is 31.1 Å². The van der Waals surface area contributed by atoms with Crippen LogP contribution < -0.4 is 5.56 Å². The van der Waals surface area contributed by atoms with E-state index in [0.29, 0.717) is 44.5 Å². The molecule has 1 aliphatic heterocycles. The second-order valence-corrected chi connectivity index (χ2v) is 8.43. The van der Waals surface area contributed by atoms with Gasteiger partial charge in [-0.1, -0.05) is 13.0 Å². The number of rotatable bonds is 9. The highest BCUT2D eigenvalue weighted by molar-refractivity contribution is 5.81. The number of aliphatic imine (C=N–C) groups is 1. The van der Waals surface area contributed by atoms with Crippen molar-refractivity contribution in [2.24, 2.45) is 4.99 Å². The van der Waals surface area contributed by atoms with E-state index in [2.05, 4.69) is 10.1 Å². The smallest absolute Gasteiger partial charge is 0.353 e. The van der Waals surface area contributed by atoms with Crippen molar-refractivity contribution in [1.29, 1.82) is 0 Å². The molecule has 0 aliphatic carbocycles. The molecule has 0 bridgehead atoms. The molecule has 0 radical (unpaired) electrons. The number of carbonyl (C=O) groups excluding carboxylic acids is 1. The Morgan fingerprint density at radius 3 is 2.32 bits per heavy atom. The molecule has 0 spiro atoms. The normalized spacial score (nSPS) is 16.3. The molecule has 14 heteroatoms. The number of nitrogens with zero attached hydrogens (tertiary/aromatic N) is 5. The van der Waals surface area contributed by atoms with Gasteiger partial charge in [0.1, 0.15) is 11.4 Å². The number of amides is 1. The maximum Gasteiger partial charge on any atom is 0.421 e. The molecule has 1 aromatic heterocycles. The lowest BCUT2D eigenvalue weighted by molar-refractivity contribution is -0.139. The van der Waals surface area contributed by atoms with Crippen molar-refractivity contribution in [2.45, 2.75) is 39.0 Å². The summed E-state index contributed by atoms with van der Waals surface area (Å²) in [5.74, 6) is 0.215. The first-order valence-corrected chi connectivity index (χ1v) is 11.6. The highest BCUT2D eigenvalue weighted by Gasteiger charge is 2.34. The minimum absolute atomic E-state index is 0.0154. The summed E-state index contributed by atoms with van der Waals surface area (Å²) in [6.07, 6.45) is -5.16. The lowest BCUT2D eigenvalue weighted by atomic mass is 10.2. The van der Waals surface area contributed by atoms with Crippen LogP contribution in [0.5, 0.6) is 0 Å². The summed E-state index contributed by atoms with van der Waals surface area (Å²) in [4.78, 5) is 33.1. The zero-order valence-electron chi connectivity index (χ0n) is 20.8. The first kappa shape index (κ1) is 30.1. The van der Waals surface area contributed by atoms with E-state index in [4.69, 9.17) is 0 Å². The molecule has 2 heterocycles. The van der Waals surface area contributed by atoms with E-state index in [1.807, 2.05) is 16.9 Å². The van der Waals surface area contributed by atoms with Crippen LogP contribution >= 0.6 is 0 Å². The largest absolute Gasteiger partial charge is 0.421 e. The minimum Gasteiger partial charge on any atom is -0.353 e. The van der Waals surface area contributed by atoms with E-state index in [1.165, 1.54) is 6.92 Å². The summed E-state index contributed by atoms with van der Waals surface area (Å²) in [5.41, 5.74) is -3.44. The predicted octanol–water partition coefficient (Wildman–Crippen LogP) is 3.24. The van der Waals surface area contributed by atoms with Gasteiger partial charge in [-0.2, -0.15) is 31.4 Å². The molecule has 1 fully saturated rings. The Hall–Kier alpha value is -3.16. The van der Waals surface area contributed by atoms with E-state index in [0.717, 1.165) is 12.3 Å². The number of hydrogen-bond acceptors (Lipinski definition) is 6. The number of piperazine rings is 1. The first-order chi connectivity index (χ1) is 17.3. The number of allylic oxidation sites excluding steroid dienone is 3. The van der Waals surface area contributed by atoms with Gasteiger partial charge in [0.2, 0.25) is 5.91 Å². The number of aromatic amines is 1. The highest BCUT2D eigenvalue weighted by atomic mass is 19.4. The Balaban J connectivity index is 1.90. The van der Waals surface area contributed by atoms with Crippen LogP contribution in [-0.4, -0.2) is 89.5 Å². The molecule has 206 valence electrons. The van der Waals surface area contributed by atoms with Crippen molar-refractivity contribution in [3.63, 3.8) is 0 Å². The number of halogens is 6. The molecule has 1 N–H and O–H groups in total. The first-order valence-electron chi connectivity index (χ1n) is 11.6. The molecular formula is C23H30F6N6O2. The quantitative estimate of drug-likeness (QED) is 0.387. The molecule has 0 saturated carbocycles. The fourth-order valence-corrected chi connectivity index (χ4v) is 3.58. The SMILES string of the molecule is C\C=C(/C=N\C(=C\CC)N1CCN(C(=O)CN(C)CCc2cc(C(F)(F)F)c(=O)[nH]n2)CC1)C(F)(F)F. The molecule has 37 heavy (non-hydrogen) atoms. The number of nitrogens with one attached hydrogen (secondary N) is 1. The van der Waals surface area contributed by atoms with Gasteiger partial charge in [-0.15, -0.1) is 0 Å². The summed E-state index contributed by atoms with van der Waals surface area (Å²) in [6, 6.07) is 0.700. The zero-order chi connectivity index (χ0) is 27.8. The molecule has 8 nitrogen and oxygen atoms in total. The number of carbonyl (C=O) groups is 1. The lowest BCUT2D eigenvalue weighted by Gasteiger charge is -2.36. The van der Waals surface area contributed by atoms with Crippen LogP contribution in [0.15, 0.2) is 39.4 Å². The summed E-state index contributed by atoms with van der Waals surface area (Å²) in [7, 11) is 1.64. The molecule has 0 aromatic carbocycles. The van der Waals surface area contributed by atoms with E-state index < -0.39 is 29.0 Å². The van der Waals surface area contributed by atoms with Crippen LogP contribution in [0.2, 0.25) is 0 Å². The highest BCUT2D eigenvalue weighted by Crippen LogP contribution is 2.26. The molecule has 0 atom stereocenters. The van der Waals surface area contributed by atoms with E-state index in [1.54, 1.807) is 22.9 Å². The van der Waals surface area contributed by atoms with Crippen LogP contribution in [0.4, 0.5) is 26.3 Å². The number of aromatic nitrogens is 2. The summed E-state index contributed by atoms with van der Waals surface area (Å²) in [6.45, 7) is 4.84. The Morgan fingerprint density at radius 2 is 1.78 bits per heavy atom. The third-order valence-corrected chi connectivity index (χ3v) is 5.63. The van der Waals surface area contributed by atoms with Crippen LogP contribution in [0.25, 0.3) is 0 Å². The molecule has 1 aliphatic rings. The third-order valence-electron chi connectivity index (χ3n) is 5.63. The topological polar surface area (TPSA) is 84.9 Å². The van der Waals surface area contributed by atoms with Crippen LogP contribution in [-0.2, 0) is 17.4 Å². The maximum absolute atomic E-state index is 13.0. The van der Waals surface area contributed by atoms with Gasteiger partial charge in [0, 0.05) is 45.4 Å². The summed E-state index contributed by atoms with van der Waals surface area (Å²) >= 11 is 0. The van der Waals surface area contributed by atoms with Crippen LogP contribution in [0.3, 0.4) is 0 Å². The number of alkyl halides is 6. The molecule has 0 unspecified atom stereocenters. The number of hydrogen-bond donors (Lipinski definition) is 1. The van der Waals surface area contributed by atoms with Gasteiger partial charge in [-0.05, 0) is 32.5 Å². The van der Waals surface area contributed by atoms with Gasteiger partial charge in [0.05, 0.1) is 17.8 Å². The second kappa shape index (κ2) is 12.9. The zero-order valence-corrected chi connectivity index (χ0v) is 20.8. The van der Waals surface area contributed by atoms with Gasteiger partial charge < -0.3 is 9.80 Å². The summed E-state index contributed by atoms with van der Waals surface area (Å²) in [5, 5.41) is 5.47. The Labute approximate surface area is 210 Å². The van der Waals surface area contributed by atoms with Gasteiger partial charge in [0.25, 0.3) is 5.56 Å². The molecule has 2 rings (SSSR count). The fourth-order valence-electron chi connectivity index (χ4n) is 3.58. The fraction of sp³-hybridized carbons (Fsp3) is 0.565. The summed E-state index contributed by atoms with van der Waals surface area (Å²) < 4.78 is 77.6. The van der Waals surface area contributed by atoms with E-state index in [9.17, 15) is 35.9 Å². The Morgan fingerprint density at radius 1 is 1.16 bits per heavy atom. The monoisotopic (exact) mass is 536 g/mol. The molecule has 1 amide bonds. The van der Waals surface area contributed by atoms with Crippen molar-refractivity contribution in [3.8, 4) is 0 Å². The van der Waals surface area contributed by atoms with Crippen molar-refractivity contribution >= 4 is 12.1 Å². The Kier molecular flexibility index (Phi) is 10.5. The Bertz CT molecular complexity index is 1070. The average Bonchev–Trinajstić information content (AvgIpc) is 2.81.